The average Bonchev–Trinajstić information content (AvgIpc) is 2.95. The van der Waals surface area contributed by atoms with Crippen molar-refractivity contribution >= 4 is 22.9 Å². The number of methoxy groups -OCH3 is 1. The molecule has 1 aromatic heterocycles. The Morgan fingerprint density at radius 3 is 2.62 bits per heavy atom. The van der Waals surface area contributed by atoms with Crippen LogP contribution in [-0.2, 0) is 0 Å². The number of para-hydroxylation sites is 2. The maximum atomic E-state index is 5.90. The smallest absolute Gasteiger partial charge is 0.257 e. The first-order chi connectivity index (χ1) is 10.3. The summed E-state index contributed by atoms with van der Waals surface area (Å²) in [4.78, 5) is 4.48. The molecule has 0 aliphatic carbocycles. The molecule has 2 aromatic carbocycles. The molecule has 3 aromatic rings. The number of benzene rings is 2. The van der Waals surface area contributed by atoms with Crippen molar-refractivity contribution in [2.75, 3.05) is 13.7 Å². The van der Waals surface area contributed by atoms with Crippen molar-refractivity contribution < 1.29 is 9.15 Å². The van der Waals surface area contributed by atoms with Gasteiger partial charge in [0, 0.05) is 6.54 Å². The van der Waals surface area contributed by atoms with Crippen LogP contribution < -0.4 is 10.5 Å². The molecule has 0 radical (unpaired) electrons. The number of thioether (sulfide) groups is 1. The number of fused-ring (bicyclic) bond motifs is 1. The Labute approximate surface area is 127 Å². The second-order valence-corrected chi connectivity index (χ2v) is 5.72. The molecule has 1 atom stereocenters. The fourth-order valence-electron chi connectivity index (χ4n) is 2.09. The molecule has 3 rings (SSSR count). The van der Waals surface area contributed by atoms with Gasteiger partial charge in [0.15, 0.2) is 5.58 Å². The predicted octanol–water partition coefficient (Wildman–Crippen LogP) is 3.63. The lowest BCUT2D eigenvalue weighted by molar-refractivity contribution is 0.414. The Kier molecular flexibility index (Phi) is 4.13. The van der Waals surface area contributed by atoms with Gasteiger partial charge in [-0.2, -0.15) is 0 Å². The minimum absolute atomic E-state index is 0.101. The topological polar surface area (TPSA) is 61.3 Å². The van der Waals surface area contributed by atoms with E-state index < -0.39 is 0 Å². The van der Waals surface area contributed by atoms with E-state index in [-0.39, 0.29) is 5.25 Å². The Balaban J connectivity index is 1.82. The van der Waals surface area contributed by atoms with Gasteiger partial charge in [-0.1, -0.05) is 36.0 Å². The summed E-state index contributed by atoms with van der Waals surface area (Å²) < 4.78 is 10.9. The van der Waals surface area contributed by atoms with Crippen LogP contribution >= 0.6 is 11.8 Å². The molecular formula is C16H16N2O2S. The minimum Gasteiger partial charge on any atom is -0.497 e. The Bertz CT molecular complexity index is 691. The Morgan fingerprint density at radius 1 is 1.19 bits per heavy atom. The SMILES string of the molecule is COc1ccc(C(CN)Sc2nc3ccccc3o2)cc1. The number of aromatic nitrogens is 1. The highest BCUT2D eigenvalue weighted by Crippen LogP contribution is 2.35. The molecule has 0 aliphatic heterocycles. The number of nitrogens with two attached hydrogens (primary N) is 1. The van der Waals surface area contributed by atoms with Gasteiger partial charge in [-0.3, -0.25) is 0 Å². The van der Waals surface area contributed by atoms with Crippen molar-refractivity contribution in [2.24, 2.45) is 5.73 Å². The Morgan fingerprint density at radius 2 is 1.95 bits per heavy atom. The number of hydrogen-bond acceptors (Lipinski definition) is 5. The van der Waals surface area contributed by atoms with Crippen molar-refractivity contribution in [3.63, 3.8) is 0 Å². The zero-order chi connectivity index (χ0) is 14.7. The van der Waals surface area contributed by atoms with Gasteiger partial charge in [0.05, 0.1) is 12.4 Å². The zero-order valence-corrected chi connectivity index (χ0v) is 12.5. The second-order valence-electron chi connectivity index (χ2n) is 4.56. The van der Waals surface area contributed by atoms with E-state index in [1.54, 1.807) is 7.11 Å². The Hall–Kier alpha value is -1.98. The highest BCUT2D eigenvalue weighted by atomic mass is 32.2. The fraction of sp³-hybridized carbons (Fsp3) is 0.188. The van der Waals surface area contributed by atoms with Crippen LogP contribution in [0.5, 0.6) is 5.75 Å². The average molecular weight is 300 g/mol. The van der Waals surface area contributed by atoms with Crippen LogP contribution in [0.15, 0.2) is 58.2 Å². The molecule has 0 saturated heterocycles. The van der Waals surface area contributed by atoms with Gasteiger partial charge >= 0.3 is 0 Å². The molecule has 1 unspecified atom stereocenters. The highest BCUT2D eigenvalue weighted by molar-refractivity contribution is 7.99. The van der Waals surface area contributed by atoms with Crippen LogP contribution in [-0.4, -0.2) is 18.6 Å². The molecule has 21 heavy (non-hydrogen) atoms. The number of hydrogen-bond donors (Lipinski definition) is 1. The summed E-state index contributed by atoms with van der Waals surface area (Å²) in [7, 11) is 1.66. The number of nitrogens with zero attached hydrogens (tertiary/aromatic N) is 1. The summed E-state index contributed by atoms with van der Waals surface area (Å²) in [5.74, 6) is 0.835. The van der Waals surface area contributed by atoms with E-state index in [9.17, 15) is 0 Å². The van der Waals surface area contributed by atoms with Crippen molar-refractivity contribution in [2.45, 2.75) is 10.5 Å². The third kappa shape index (κ3) is 3.04. The van der Waals surface area contributed by atoms with Crippen molar-refractivity contribution in [1.29, 1.82) is 0 Å². The molecule has 108 valence electrons. The lowest BCUT2D eigenvalue weighted by Crippen LogP contribution is -2.09. The van der Waals surface area contributed by atoms with Gasteiger partial charge in [-0.05, 0) is 29.8 Å². The van der Waals surface area contributed by atoms with Crippen molar-refractivity contribution in [3.8, 4) is 5.75 Å². The van der Waals surface area contributed by atoms with E-state index in [4.69, 9.17) is 14.9 Å². The molecule has 0 bridgehead atoms. The molecule has 5 heteroatoms. The molecule has 1 heterocycles. The molecule has 2 N–H and O–H groups in total. The molecule has 0 aliphatic rings. The third-order valence-corrected chi connectivity index (χ3v) is 4.34. The van der Waals surface area contributed by atoms with E-state index in [0.29, 0.717) is 11.8 Å². The standard InChI is InChI=1S/C16H16N2O2S/c1-19-12-8-6-11(7-9-12)15(10-17)21-16-18-13-4-2-3-5-14(13)20-16/h2-9,15H,10,17H2,1H3. The zero-order valence-electron chi connectivity index (χ0n) is 11.7. The van der Waals surface area contributed by atoms with Gasteiger partial charge in [0.25, 0.3) is 5.22 Å². The second kappa shape index (κ2) is 6.20. The van der Waals surface area contributed by atoms with E-state index >= 15 is 0 Å². The summed E-state index contributed by atoms with van der Waals surface area (Å²) in [6.07, 6.45) is 0. The third-order valence-electron chi connectivity index (χ3n) is 3.22. The van der Waals surface area contributed by atoms with Crippen LogP contribution in [0.3, 0.4) is 0 Å². The summed E-state index contributed by atoms with van der Waals surface area (Å²) in [6, 6.07) is 15.6. The summed E-state index contributed by atoms with van der Waals surface area (Å²) in [5, 5.41) is 0.742. The monoisotopic (exact) mass is 300 g/mol. The van der Waals surface area contributed by atoms with E-state index in [1.165, 1.54) is 11.8 Å². The summed E-state index contributed by atoms with van der Waals surface area (Å²) >= 11 is 1.54. The molecule has 0 amide bonds. The first kappa shape index (κ1) is 14.0. The van der Waals surface area contributed by atoms with E-state index in [0.717, 1.165) is 22.4 Å². The maximum Gasteiger partial charge on any atom is 0.257 e. The normalized spacial score (nSPS) is 12.5. The number of rotatable bonds is 5. The molecule has 0 saturated carbocycles. The van der Waals surface area contributed by atoms with Gasteiger partial charge in [0.2, 0.25) is 0 Å². The van der Waals surface area contributed by atoms with Crippen LogP contribution in [0.1, 0.15) is 10.8 Å². The van der Waals surface area contributed by atoms with E-state index in [2.05, 4.69) is 4.98 Å². The van der Waals surface area contributed by atoms with Crippen LogP contribution in [0, 0.1) is 0 Å². The lowest BCUT2D eigenvalue weighted by atomic mass is 10.1. The van der Waals surface area contributed by atoms with Gasteiger partial charge < -0.3 is 14.9 Å². The molecular weight excluding hydrogens is 284 g/mol. The van der Waals surface area contributed by atoms with Crippen LogP contribution in [0.25, 0.3) is 11.1 Å². The molecule has 4 nitrogen and oxygen atoms in total. The molecule has 0 spiro atoms. The highest BCUT2D eigenvalue weighted by Gasteiger charge is 2.15. The van der Waals surface area contributed by atoms with Gasteiger partial charge in [-0.15, -0.1) is 0 Å². The van der Waals surface area contributed by atoms with Crippen molar-refractivity contribution in [1.82, 2.24) is 4.98 Å². The summed E-state index contributed by atoms with van der Waals surface area (Å²) in [6.45, 7) is 0.510. The van der Waals surface area contributed by atoms with E-state index in [1.807, 2.05) is 48.5 Å². The first-order valence-corrected chi connectivity index (χ1v) is 7.54. The minimum atomic E-state index is 0.101. The summed E-state index contributed by atoms with van der Waals surface area (Å²) in [5.41, 5.74) is 8.69. The number of oxazole rings is 1. The van der Waals surface area contributed by atoms with Crippen molar-refractivity contribution in [3.05, 3.63) is 54.1 Å². The fourth-order valence-corrected chi connectivity index (χ4v) is 3.02. The van der Waals surface area contributed by atoms with Gasteiger partial charge in [0.1, 0.15) is 11.3 Å². The number of ether oxygens (including phenoxy) is 1. The first-order valence-electron chi connectivity index (χ1n) is 6.66. The van der Waals surface area contributed by atoms with Crippen LogP contribution in [0.4, 0.5) is 0 Å². The quantitative estimate of drug-likeness (QED) is 0.729. The molecule has 0 fully saturated rings. The maximum absolute atomic E-state index is 5.90. The largest absolute Gasteiger partial charge is 0.497 e. The predicted molar refractivity (Wildman–Crippen MR) is 84.7 cm³/mol. The van der Waals surface area contributed by atoms with Gasteiger partial charge in [-0.25, -0.2) is 4.98 Å². The lowest BCUT2D eigenvalue weighted by Gasteiger charge is -2.12. The van der Waals surface area contributed by atoms with Crippen LogP contribution in [0.2, 0.25) is 0 Å².